The van der Waals surface area contributed by atoms with E-state index in [2.05, 4.69) is 20.8 Å². The minimum Gasteiger partial charge on any atom is -0.481 e. The molecular weight excluding hydrogens is 296 g/mol. The Morgan fingerprint density at radius 2 is 2.00 bits per heavy atom. The Bertz CT molecular complexity index is 630. The molecule has 0 spiro atoms. The van der Waals surface area contributed by atoms with Crippen LogP contribution in [0.4, 0.5) is 10.6 Å². The largest absolute Gasteiger partial charge is 0.481 e. The molecular formula is C16H24N4O3. The first-order valence-electron chi connectivity index (χ1n) is 7.74. The molecule has 0 radical (unpaired) electrons. The van der Waals surface area contributed by atoms with Gasteiger partial charge in [-0.25, -0.2) is 4.79 Å². The van der Waals surface area contributed by atoms with Crippen molar-refractivity contribution >= 4 is 17.8 Å². The van der Waals surface area contributed by atoms with E-state index in [1.165, 1.54) is 0 Å². The van der Waals surface area contributed by atoms with Crippen molar-refractivity contribution in [3.63, 3.8) is 0 Å². The molecule has 0 saturated heterocycles. The average Bonchev–Trinajstić information content (AvgIpc) is 2.41. The summed E-state index contributed by atoms with van der Waals surface area (Å²) in [5.41, 5.74) is 1.44. The highest BCUT2D eigenvalue weighted by molar-refractivity contribution is 5.88. The lowest BCUT2D eigenvalue weighted by molar-refractivity contribution is -0.160. The highest BCUT2D eigenvalue weighted by Crippen LogP contribution is 2.52. The maximum absolute atomic E-state index is 12.1. The Morgan fingerprint density at radius 1 is 1.35 bits per heavy atom. The molecule has 1 aliphatic rings. The van der Waals surface area contributed by atoms with Gasteiger partial charge in [0.25, 0.3) is 0 Å². The van der Waals surface area contributed by atoms with Crippen molar-refractivity contribution in [3.05, 3.63) is 17.3 Å². The molecule has 1 heterocycles. The second kappa shape index (κ2) is 6.14. The summed E-state index contributed by atoms with van der Waals surface area (Å²) in [6.07, 6.45) is 0.577. The Morgan fingerprint density at radius 3 is 2.52 bits per heavy atom. The van der Waals surface area contributed by atoms with Gasteiger partial charge in [-0.1, -0.05) is 13.8 Å². The molecule has 7 nitrogen and oxygen atoms in total. The number of carboxylic acid groups (broad SMARTS) is 1. The van der Waals surface area contributed by atoms with E-state index in [0.29, 0.717) is 12.2 Å². The smallest absolute Gasteiger partial charge is 0.320 e. The topological polar surface area (TPSA) is 104 Å². The third kappa shape index (κ3) is 3.43. The molecule has 2 rings (SSSR count). The fraction of sp³-hybridized carbons (Fsp3) is 0.625. The van der Waals surface area contributed by atoms with Gasteiger partial charge in [-0.2, -0.15) is 5.10 Å². The van der Waals surface area contributed by atoms with Gasteiger partial charge < -0.3 is 10.4 Å². The van der Waals surface area contributed by atoms with E-state index >= 15 is 0 Å². The SMILES string of the molecule is Cc1cc(NC(=O)NC(C)[C@@H]2C[C@H](C(=O)O)C2(C)C)nnc1C. The fourth-order valence-electron chi connectivity index (χ4n) is 3.29. The van der Waals surface area contributed by atoms with Crippen molar-refractivity contribution in [1.29, 1.82) is 0 Å². The summed E-state index contributed by atoms with van der Waals surface area (Å²) < 4.78 is 0. The fourth-order valence-corrected chi connectivity index (χ4v) is 3.29. The molecule has 126 valence electrons. The molecule has 0 aliphatic heterocycles. The maximum atomic E-state index is 12.1. The van der Waals surface area contributed by atoms with Crippen molar-refractivity contribution < 1.29 is 14.7 Å². The summed E-state index contributed by atoms with van der Waals surface area (Å²) in [6, 6.07) is 1.28. The van der Waals surface area contributed by atoms with Crippen LogP contribution >= 0.6 is 0 Å². The lowest BCUT2D eigenvalue weighted by atomic mass is 9.53. The van der Waals surface area contributed by atoms with Crippen LogP contribution in [-0.4, -0.2) is 33.3 Å². The number of hydrogen-bond acceptors (Lipinski definition) is 4. The third-order valence-electron chi connectivity index (χ3n) is 5.08. The van der Waals surface area contributed by atoms with E-state index in [0.717, 1.165) is 11.3 Å². The zero-order valence-electron chi connectivity index (χ0n) is 14.2. The van der Waals surface area contributed by atoms with E-state index in [1.54, 1.807) is 6.07 Å². The van der Waals surface area contributed by atoms with E-state index in [4.69, 9.17) is 0 Å². The van der Waals surface area contributed by atoms with E-state index in [-0.39, 0.29) is 29.3 Å². The van der Waals surface area contributed by atoms with E-state index < -0.39 is 5.97 Å². The lowest BCUT2D eigenvalue weighted by Crippen LogP contribution is -2.57. The number of hydrogen-bond donors (Lipinski definition) is 3. The van der Waals surface area contributed by atoms with Gasteiger partial charge in [0.1, 0.15) is 0 Å². The number of nitrogens with zero attached hydrogens (tertiary/aromatic N) is 2. The molecule has 23 heavy (non-hydrogen) atoms. The third-order valence-corrected chi connectivity index (χ3v) is 5.08. The molecule has 1 saturated carbocycles. The van der Waals surface area contributed by atoms with E-state index in [1.807, 2.05) is 34.6 Å². The number of urea groups is 1. The number of rotatable bonds is 4. The van der Waals surface area contributed by atoms with Crippen LogP contribution in [0.15, 0.2) is 6.07 Å². The van der Waals surface area contributed by atoms with Gasteiger partial charge in [0.05, 0.1) is 11.6 Å². The zero-order valence-corrected chi connectivity index (χ0v) is 14.2. The molecule has 7 heteroatoms. The molecule has 1 aromatic rings. The second-order valence-corrected chi connectivity index (χ2v) is 6.94. The van der Waals surface area contributed by atoms with Crippen LogP contribution in [0.25, 0.3) is 0 Å². The molecule has 3 atom stereocenters. The molecule has 3 N–H and O–H groups in total. The first-order chi connectivity index (χ1) is 10.6. The molecule has 1 aromatic heterocycles. The minimum absolute atomic E-state index is 0.125. The number of carbonyl (C=O) groups excluding carboxylic acids is 1. The van der Waals surface area contributed by atoms with Crippen LogP contribution in [0.5, 0.6) is 0 Å². The van der Waals surface area contributed by atoms with Gasteiger partial charge in [0.15, 0.2) is 5.82 Å². The highest BCUT2D eigenvalue weighted by atomic mass is 16.4. The van der Waals surface area contributed by atoms with Gasteiger partial charge in [-0.3, -0.25) is 10.1 Å². The Balaban J connectivity index is 1.93. The van der Waals surface area contributed by atoms with Gasteiger partial charge in [-0.15, -0.1) is 5.10 Å². The summed E-state index contributed by atoms with van der Waals surface area (Å²) in [4.78, 5) is 23.3. The molecule has 1 aliphatic carbocycles. The van der Waals surface area contributed by atoms with Crippen LogP contribution in [0.1, 0.15) is 38.4 Å². The highest BCUT2D eigenvalue weighted by Gasteiger charge is 2.53. The van der Waals surface area contributed by atoms with Crippen LogP contribution in [-0.2, 0) is 4.79 Å². The lowest BCUT2D eigenvalue weighted by Gasteiger charge is -2.52. The predicted molar refractivity (Wildman–Crippen MR) is 86.1 cm³/mol. The molecule has 0 bridgehead atoms. The number of anilines is 1. The standard InChI is InChI=1S/C16H24N4O3/c1-8-6-13(20-19-9(8)2)18-15(23)17-10(3)11-7-12(14(21)22)16(11,4)5/h6,10-12H,7H2,1-5H3,(H,21,22)(H2,17,18,20,23)/t10?,11-,12+/m0/s1. The number of nitrogens with one attached hydrogen (secondary N) is 2. The number of aromatic nitrogens is 2. The summed E-state index contributed by atoms with van der Waals surface area (Å²) in [5, 5.41) is 22.6. The number of amides is 2. The second-order valence-electron chi connectivity index (χ2n) is 6.94. The number of aliphatic carboxylic acids is 1. The predicted octanol–water partition coefficient (Wildman–Crippen LogP) is 2.35. The first-order valence-corrected chi connectivity index (χ1v) is 7.74. The Kier molecular flexibility index (Phi) is 4.58. The quantitative estimate of drug-likeness (QED) is 0.790. The summed E-state index contributed by atoms with van der Waals surface area (Å²) in [5.74, 6) is -0.604. The Hall–Kier alpha value is -2.18. The van der Waals surface area contributed by atoms with Crippen molar-refractivity contribution in [2.75, 3.05) is 5.32 Å². The van der Waals surface area contributed by atoms with Crippen molar-refractivity contribution in [3.8, 4) is 0 Å². The summed E-state index contributed by atoms with van der Waals surface area (Å²) >= 11 is 0. The number of carboxylic acids is 1. The maximum Gasteiger partial charge on any atom is 0.320 e. The van der Waals surface area contributed by atoms with E-state index in [9.17, 15) is 14.7 Å². The normalized spacial score (nSPS) is 23.5. The average molecular weight is 320 g/mol. The molecule has 1 unspecified atom stereocenters. The van der Waals surface area contributed by atoms with Gasteiger partial charge >= 0.3 is 12.0 Å². The summed E-state index contributed by atoms with van der Waals surface area (Å²) in [7, 11) is 0. The number of carbonyl (C=O) groups is 2. The number of aryl methyl sites for hydroxylation is 2. The van der Waals surface area contributed by atoms with Crippen LogP contribution in [0, 0.1) is 31.1 Å². The van der Waals surface area contributed by atoms with Crippen LogP contribution in [0.2, 0.25) is 0 Å². The van der Waals surface area contributed by atoms with Gasteiger partial charge in [0.2, 0.25) is 0 Å². The first kappa shape index (κ1) is 17.2. The van der Waals surface area contributed by atoms with Crippen molar-refractivity contribution in [2.45, 2.75) is 47.1 Å². The summed E-state index contributed by atoms with van der Waals surface area (Å²) in [6.45, 7) is 9.52. The van der Waals surface area contributed by atoms with Crippen molar-refractivity contribution in [1.82, 2.24) is 15.5 Å². The zero-order chi connectivity index (χ0) is 17.4. The monoisotopic (exact) mass is 320 g/mol. The Labute approximate surface area is 135 Å². The van der Waals surface area contributed by atoms with Crippen molar-refractivity contribution in [2.24, 2.45) is 17.3 Å². The van der Waals surface area contributed by atoms with Gasteiger partial charge in [-0.05, 0) is 50.2 Å². The van der Waals surface area contributed by atoms with Gasteiger partial charge in [0, 0.05) is 6.04 Å². The minimum atomic E-state index is -0.770. The van der Waals surface area contributed by atoms with Crippen LogP contribution < -0.4 is 10.6 Å². The van der Waals surface area contributed by atoms with Crippen LogP contribution in [0.3, 0.4) is 0 Å². The molecule has 0 aromatic carbocycles. The molecule has 1 fully saturated rings. The molecule has 2 amide bonds.